The molecule has 0 saturated carbocycles. The van der Waals surface area contributed by atoms with Gasteiger partial charge in [0.05, 0.1) is 0 Å². The molecule has 0 aliphatic rings. The Balaban J connectivity index is 1.79. The number of phenolic OH excluding ortho intramolecular Hbond substituents is 1. The number of aromatic hydroxyl groups is 1. The Morgan fingerprint density at radius 3 is 2.28 bits per heavy atom. The molecule has 1 N–H and O–H groups in total. The third-order valence-corrected chi connectivity index (χ3v) is 4.69. The average Bonchev–Trinajstić information content (AvgIpc) is 2.74. The summed E-state index contributed by atoms with van der Waals surface area (Å²) in [4.78, 5) is 13.0. The van der Waals surface area contributed by atoms with Crippen LogP contribution in [0, 0.1) is 6.92 Å². The third kappa shape index (κ3) is 3.92. The molecule has 0 fully saturated rings. The van der Waals surface area contributed by atoms with Gasteiger partial charge in [0.1, 0.15) is 29.4 Å². The minimum absolute atomic E-state index is 0.137. The van der Waals surface area contributed by atoms with Gasteiger partial charge in [0.15, 0.2) is 0 Å². The number of para-hydroxylation sites is 1. The van der Waals surface area contributed by atoms with E-state index in [4.69, 9.17) is 9.47 Å². The standard InChI is InChI=1S/C25H20O4/c1-17-15-21-20(13-8-14-22(21)26)24(28-16-18-9-4-2-5-10-18)23(17)25(27)29-19-11-6-3-7-12-19/h2-15,26H,16H2,1H3. The van der Waals surface area contributed by atoms with Crippen LogP contribution in [0.1, 0.15) is 21.5 Å². The Labute approximate surface area is 169 Å². The normalized spacial score (nSPS) is 10.7. The lowest BCUT2D eigenvalue weighted by molar-refractivity contribution is 0.0729. The Morgan fingerprint density at radius 1 is 0.862 bits per heavy atom. The molecule has 0 spiro atoms. The largest absolute Gasteiger partial charge is 0.507 e. The molecule has 0 heterocycles. The molecule has 4 nitrogen and oxygen atoms in total. The monoisotopic (exact) mass is 384 g/mol. The number of benzene rings is 4. The summed E-state index contributed by atoms with van der Waals surface area (Å²) in [5, 5.41) is 11.6. The number of ether oxygens (including phenoxy) is 2. The highest BCUT2D eigenvalue weighted by atomic mass is 16.5. The number of esters is 1. The Bertz CT molecular complexity index is 1150. The predicted octanol–water partition coefficient (Wildman–Crippen LogP) is 5.65. The quantitative estimate of drug-likeness (QED) is 0.357. The Morgan fingerprint density at radius 2 is 1.55 bits per heavy atom. The van der Waals surface area contributed by atoms with E-state index >= 15 is 0 Å². The first-order chi connectivity index (χ1) is 14.1. The summed E-state index contributed by atoms with van der Waals surface area (Å²) in [7, 11) is 0. The first kappa shape index (κ1) is 18.6. The van der Waals surface area contributed by atoms with E-state index in [1.54, 1.807) is 42.5 Å². The van der Waals surface area contributed by atoms with Gasteiger partial charge in [0.25, 0.3) is 0 Å². The van der Waals surface area contributed by atoms with Crippen LogP contribution in [0.15, 0.2) is 84.9 Å². The van der Waals surface area contributed by atoms with Crippen molar-refractivity contribution >= 4 is 16.7 Å². The first-order valence-corrected chi connectivity index (χ1v) is 9.33. The second kappa shape index (κ2) is 8.07. The van der Waals surface area contributed by atoms with E-state index in [1.807, 2.05) is 49.4 Å². The number of carbonyl (C=O) groups excluding carboxylic acids is 1. The first-order valence-electron chi connectivity index (χ1n) is 9.33. The average molecular weight is 384 g/mol. The summed E-state index contributed by atoms with van der Waals surface area (Å²) in [6.45, 7) is 2.10. The molecule has 144 valence electrons. The van der Waals surface area contributed by atoms with Crippen molar-refractivity contribution in [3.63, 3.8) is 0 Å². The van der Waals surface area contributed by atoms with E-state index in [0.29, 0.717) is 40.0 Å². The van der Waals surface area contributed by atoms with Crippen molar-refractivity contribution in [2.45, 2.75) is 13.5 Å². The topological polar surface area (TPSA) is 55.8 Å². The molecule has 4 rings (SSSR count). The van der Waals surface area contributed by atoms with E-state index in [1.165, 1.54) is 0 Å². The van der Waals surface area contributed by atoms with Gasteiger partial charge in [-0.1, -0.05) is 60.7 Å². The maximum Gasteiger partial charge on any atom is 0.347 e. The zero-order valence-electron chi connectivity index (χ0n) is 16.0. The van der Waals surface area contributed by atoms with Crippen molar-refractivity contribution in [2.24, 2.45) is 0 Å². The predicted molar refractivity (Wildman–Crippen MR) is 113 cm³/mol. The van der Waals surface area contributed by atoms with Crippen molar-refractivity contribution in [1.29, 1.82) is 0 Å². The second-order valence-corrected chi connectivity index (χ2v) is 6.75. The zero-order chi connectivity index (χ0) is 20.2. The van der Waals surface area contributed by atoms with Crippen LogP contribution in [0.2, 0.25) is 0 Å². The minimum atomic E-state index is -0.498. The van der Waals surface area contributed by atoms with Crippen LogP contribution in [0.5, 0.6) is 17.2 Å². The number of hydrogen-bond donors (Lipinski definition) is 1. The van der Waals surface area contributed by atoms with Gasteiger partial charge in [0.2, 0.25) is 0 Å². The van der Waals surface area contributed by atoms with E-state index in [-0.39, 0.29) is 5.75 Å². The fourth-order valence-electron chi connectivity index (χ4n) is 3.29. The lowest BCUT2D eigenvalue weighted by Gasteiger charge is -2.17. The van der Waals surface area contributed by atoms with Crippen LogP contribution in [0.4, 0.5) is 0 Å². The molecule has 0 aliphatic carbocycles. The van der Waals surface area contributed by atoms with Crippen molar-refractivity contribution < 1.29 is 19.4 Å². The third-order valence-electron chi connectivity index (χ3n) is 4.69. The fourth-order valence-corrected chi connectivity index (χ4v) is 3.29. The highest BCUT2D eigenvalue weighted by molar-refractivity contribution is 6.05. The van der Waals surface area contributed by atoms with Crippen LogP contribution in [-0.4, -0.2) is 11.1 Å². The number of fused-ring (bicyclic) bond motifs is 1. The molecule has 0 atom stereocenters. The molecule has 4 aromatic rings. The van der Waals surface area contributed by atoms with Crippen molar-refractivity contribution in [3.05, 3.63) is 102 Å². The van der Waals surface area contributed by atoms with Crippen LogP contribution in [0.25, 0.3) is 10.8 Å². The summed E-state index contributed by atoms with van der Waals surface area (Å²) in [6, 6.07) is 25.6. The molecule has 0 aliphatic heterocycles. The van der Waals surface area contributed by atoms with Gasteiger partial charge >= 0.3 is 5.97 Å². The summed E-state index contributed by atoms with van der Waals surface area (Å²) in [5.74, 6) is 0.503. The van der Waals surface area contributed by atoms with Crippen LogP contribution < -0.4 is 9.47 Å². The molecular formula is C25H20O4. The van der Waals surface area contributed by atoms with Crippen molar-refractivity contribution in [1.82, 2.24) is 0 Å². The van der Waals surface area contributed by atoms with Crippen LogP contribution >= 0.6 is 0 Å². The smallest absolute Gasteiger partial charge is 0.347 e. The molecular weight excluding hydrogens is 364 g/mol. The van der Waals surface area contributed by atoms with Crippen LogP contribution in [0.3, 0.4) is 0 Å². The molecule has 29 heavy (non-hydrogen) atoms. The van der Waals surface area contributed by atoms with Gasteiger partial charge in [-0.05, 0) is 42.3 Å². The van der Waals surface area contributed by atoms with E-state index in [9.17, 15) is 9.90 Å². The summed E-state index contributed by atoms with van der Waals surface area (Å²) in [6.07, 6.45) is 0. The molecule has 0 unspecified atom stereocenters. The second-order valence-electron chi connectivity index (χ2n) is 6.75. The maximum absolute atomic E-state index is 13.0. The number of rotatable bonds is 5. The molecule has 4 aromatic carbocycles. The Hall–Kier alpha value is -3.79. The van der Waals surface area contributed by atoms with Crippen molar-refractivity contribution in [2.75, 3.05) is 0 Å². The summed E-state index contributed by atoms with van der Waals surface area (Å²) < 4.78 is 11.7. The number of phenols is 1. The zero-order valence-corrected chi connectivity index (χ0v) is 16.0. The molecule has 0 aromatic heterocycles. The number of carbonyl (C=O) groups is 1. The SMILES string of the molecule is Cc1cc2c(O)cccc2c(OCc2ccccc2)c1C(=O)Oc1ccccc1. The maximum atomic E-state index is 13.0. The van der Waals surface area contributed by atoms with Gasteiger partial charge in [0, 0.05) is 10.8 Å². The molecule has 0 bridgehead atoms. The van der Waals surface area contributed by atoms with E-state index in [2.05, 4.69) is 0 Å². The van der Waals surface area contributed by atoms with Gasteiger partial charge in [-0.3, -0.25) is 0 Å². The molecule has 0 radical (unpaired) electrons. The number of aryl methyl sites for hydroxylation is 1. The van der Waals surface area contributed by atoms with Gasteiger partial charge in [-0.2, -0.15) is 0 Å². The van der Waals surface area contributed by atoms with Gasteiger partial charge < -0.3 is 14.6 Å². The molecule has 4 heteroatoms. The van der Waals surface area contributed by atoms with Crippen molar-refractivity contribution in [3.8, 4) is 17.2 Å². The lowest BCUT2D eigenvalue weighted by atomic mass is 9.99. The van der Waals surface area contributed by atoms with E-state index in [0.717, 1.165) is 5.56 Å². The lowest BCUT2D eigenvalue weighted by Crippen LogP contribution is -2.13. The Kier molecular flexibility index (Phi) is 5.16. The van der Waals surface area contributed by atoms with E-state index < -0.39 is 5.97 Å². The summed E-state index contributed by atoms with van der Waals surface area (Å²) >= 11 is 0. The highest BCUT2D eigenvalue weighted by Crippen LogP contribution is 2.37. The summed E-state index contributed by atoms with van der Waals surface area (Å²) in [5.41, 5.74) is 2.00. The molecule has 0 amide bonds. The molecule has 0 saturated heterocycles. The van der Waals surface area contributed by atoms with Gasteiger partial charge in [-0.25, -0.2) is 4.79 Å². The van der Waals surface area contributed by atoms with Crippen LogP contribution in [-0.2, 0) is 6.61 Å². The highest BCUT2D eigenvalue weighted by Gasteiger charge is 2.22. The van der Waals surface area contributed by atoms with Gasteiger partial charge in [-0.15, -0.1) is 0 Å². The fraction of sp³-hybridized carbons (Fsp3) is 0.0800. The minimum Gasteiger partial charge on any atom is -0.507 e. The number of hydrogen-bond acceptors (Lipinski definition) is 4.